The highest BCUT2D eigenvalue weighted by Gasteiger charge is 2.39. The van der Waals surface area contributed by atoms with Crippen LogP contribution < -0.4 is 0 Å². The van der Waals surface area contributed by atoms with Crippen molar-refractivity contribution in [1.29, 1.82) is 0 Å². The molecule has 7 heteroatoms. The van der Waals surface area contributed by atoms with E-state index >= 15 is 0 Å². The molecule has 0 N–H and O–H groups in total. The molecular weight excluding hydrogens is 376 g/mol. The molecule has 2 heterocycles. The average molecular weight is 407 g/mol. The lowest BCUT2D eigenvalue weighted by Gasteiger charge is -2.34. The van der Waals surface area contributed by atoms with Crippen molar-refractivity contribution in [3.05, 3.63) is 0 Å². The summed E-state index contributed by atoms with van der Waals surface area (Å²) in [5, 5.41) is 1.15. The SMILES string of the molecule is O=S(=O)(C1CCC(OCC2CS2)CC1)C1CCC(OCC2CS2)CC1. The number of sulfone groups is 1. The van der Waals surface area contributed by atoms with Crippen molar-refractivity contribution in [3.8, 4) is 0 Å². The summed E-state index contributed by atoms with van der Waals surface area (Å²) in [7, 11) is -2.99. The fraction of sp³-hybridized carbons (Fsp3) is 1.00. The van der Waals surface area contributed by atoms with E-state index in [1.54, 1.807) is 0 Å². The van der Waals surface area contributed by atoms with Gasteiger partial charge in [0.1, 0.15) is 0 Å². The molecule has 2 aliphatic carbocycles. The Kier molecular flexibility index (Phi) is 6.27. The molecule has 2 saturated heterocycles. The van der Waals surface area contributed by atoms with Crippen LogP contribution in [0.4, 0.5) is 0 Å². The molecule has 2 atom stereocenters. The molecule has 2 aliphatic heterocycles. The van der Waals surface area contributed by atoms with E-state index in [4.69, 9.17) is 9.47 Å². The fourth-order valence-electron chi connectivity index (χ4n) is 4.14. The molecule has 0 aromatic heterocycles. The quantitative estimate of drug-likeness (QED) is 0.577. The molecule has 25 heavy (non-hydrogen) atoms. The smallest absolute Gasteiger partial charge is 0.156 e. The van der Waals surface area contributed by atoms with Crippen LogP contribution >= 0.6 is 23.5 Å². The van der Waals surface area contributed by atoms with Crippen molar-refractivity contribution in [3.63, 3.8) is 0 Å². The molecule has 0 spiro atoms. The highest BCUT2D eigenvalue weighted by Crippen LogP contribution is 2.36. The molecule has 0 aromatic carbocycles. The molecule has 0 amide bonds. The maximum absolute atomic E-state index is 13.0. The first-order chi connectivity index (χ1) is 12.1. The molecule has 0 bridgehead atoms. The first kappa shape index (κ1) is 18.9. The summed E-state index contributed by atoms with van der Waals surface area (Å²) in [4.78, 5) is 0. The Bertz CT molecular complexity index is 487. The van der Waals surface area contributed by atoms with Crippen LogP contribution in [0.1, 0.15) is 51.4 Å². The van der Waals surface area contributed by atoms with Crippen LogP contribution in [0.25, 0.3) is 0 Å². The first-order valence-corrected chi connectivity index (χ1v) is 13.5. The molecule has 4 aliphatic rings. The van der Waals surface area contributed by atoms with E-state index < -0.39 is 9.84 Å². The van der Waals surface area contributed by atoms with Gasteiger partial charge in [0.2, 0.25) is 0 Å². The topological polar surface area (TPSA) is 52.6 Å². The minimum absolute atomic E-state index is 0.131. The van der Waals surface area contributed by atoms with Gasteiger partial charge in [0, 0.05) is 22.0 Å². The molecule has 0 aromatic rings. The predicted molar refractivity (Wildman–Crippen MR) is 105 cm³/mol. The Morgan fingerprint density at radius 3 is 1.36 bits per heavy atom. The number of ether oxygens (including phenoxy) is 2. The van der Waals surface area contributed by atoms with Gasteiger partial charge in [-0.2, -0.15) is 23.5 Å². The second kappa shape index (κ2) is 8.29. The van der Waals surface area contributed by atoms with E-state index in [9.17, 15) is 8.42 Å². The van der Waals surface area contributed by atoms with Crippen LogP contribution in [-0.4, -0.2) is 66.3 Å². The lowest BCUT2D eigenvalue weighted by Crippen LogP contribution is -2.39. The summed E-state index contributed by atoms with van der Waals surface area (Å²) in [5.74, 6) is 2.46. The van der Waals surface area contributed by atoms with Gasteiger partial charge in [-0.15, -0.1) is 0 Å². The lowest BCUT2D eigenvalue weighted by molar-refractivity contribution is 0.0320. The zero-order chi connectivity index (χ0) is 17.3. The van der Waals surface area contributed by atoms with Crippen molar-refractivity contribution in [2.45, 2.75) is 84.6 Å². The van der Waals surface area contributed by atoms with Gasteiger partial charge in [0.25, 0.3) is 0 Å². The Morgan fingerprint density at radius 1 is 0.680 bits per heavy atom. The Labute approximate surface area is 160 Å². The fourth-order valence-corrected chi connectivity index (χ4v) is 7.36. The minimum Gasteiger partial charge on any atom is -0.377 e. The second-order valence-electron chi connectivity index (χ2n) is 7.96. The lowest BCUT2D eigenvalue weighted by atomic mass is 9.96. The molecule has 0 radical (unpaired) electrons. The predicted octanol–water partition coefficient (Wildman–Crippen LogP) is 3.29. The monoisotopic (exact) mass is 406 g/mol. The van der Waals surface area contributed by atoms with E-state index in [2.05, 4.69) is 0 Å². The summed E-state index contributed by atoms with van der Waals surface area (Å²) in [6.45, 7) is 1.71. The first-order valence-electron chi connectivity index (χ1n) is 9.80. The third-order valence-electron chi connectivity index (χ3n) is 6.01. The van der Waals surface area contributed by atoms with Crippen LogP contribution in [0.2, 0.25) is 0 Å². The van der Waals surface area contributed by atoms with Gasteiger partial charge in [-0.25, -0.2) is 8.42 Å². The van der Waals surface area contributed by atoms with Gasteiger partial charge in [0.05, 0.1) is 35.9 Å². The van der Waals surface area contributed by atoms with Gasteiger partial charge >= 0.3 is 0 Å². The average Bonchev–Trinajstić information content (AvgIpc) is 3.54. The second-order valence-corrected chi connectivity index (χ2v) is 13.1. The van der Waals surface area contributed by atoms with Crippen LogP contribution in [0.15, 0.2) is 0 Å². The molecule has 4 nitrogen and oxygen atoms in total. The molecule has 4 rings (SSSR count). The van der Waals surface area contributed by atoms with Crippen LogP contribution in [0, 0.1) is 0 Å². The number of rotatable bonds is 8. The van der Waals surface area contributed by atoms with Crippen LogP contribution in [0.5, 0.6) is 0 Å². The van der Waals surface area contributed by atoms with Crippen LogP contribution in [-0.2, 0) is 19.3 Å². The molecule has 144 valence electrons. The minimum atomic E-state index is -2.99. The van der Waals surface area contributed by atoms with Crippen molar-refractivity contribution in [2.75, 3.05) is 24.7 Å². The summed E-state index contributed by atoms with van der Waals surface area (Å²) in [5.41, 5.74) is 0. The summed E-state index contributed by atoms with van der Waals surface area (Å²) in [6.07, 6.45) is 7.41. The van der Waals surface area contributed by atoms with Crippen molar-refractivity contribution in [2.24, 2.45) is 0 Å². The van der Waals surface area contributed by atoms with E-state index in [1.165, 1.54) is 11.5 Å². The van der Waals surface area contributed by atoms with Crippen LogP contribution in [0.3, 0.4) is 0 Å². The van der Waals surface area contributed by atoms with E-state index in [0.29, 0.717) is 10.5 Å². The largest absolute Gasteiger partial charge is 0.377 e. The zero-order valence-corrected chi connectivity index (χ0v) is 17.3. The standard InChI is InChI=1S/C18H30O4S3/c19-25(20,17-5-1-13(2-6-17)21-9-15-11-23-15)18-7-3-14(4-8-18)22-10-16-12-24-16/h13-18H,1-12H2. The van der Waals surface area contributed by atoms with E-state index in [-0.39, 0.29) is 22.7 Å². The third kappa shape index (κ3) is 5.31. The summed E-state index contributed by atoms with van der Waals surface area (Å²) >= 11 is 3.91. The van der Waals surface area contributed by atoms with Gasteiger partial charge in [0.15, 0.2) is 9.84 Å². The maximum atomic E-state index is 13.0. The zero-order valence-electron chi connectivity index (χ0n) is 14.8. The number of thioether (sulfide) groups is 2. The van der Waals surface area contributed by atoms with Gasteiger partial charge in [-0.1, -0.05) is 0 Å². The van der Waals surface area contributed by atoms with E-state index in [0.717, 1.165) is 64.6 Å². The molecule has 2 unspecified atom stereocenters. The van der Waals surface area contributed by atoms with Gasteiger partial charge in [-0.05, 0) is 51.4 Å². The van der Waals surface area contributed by atoms with Crippen molar-refractivity contribution < 1.29 is 17.9 Å². The summed E-state index contributed by atoms with van der Waals surface area (Å²) in [6, 6.07) is 0. The van der Waals surface area contributed by atoms with E-state index in [1.807, 2.05) is 23.5 Å². The number of hydrogen-bond acceptors (Lipinski definition) is 6. The van der Waals surface area contributed by atoms with Gasteiger partial charge in [-0.3, -0.25) is 0 Å². The number of hydrogen-bond donors (Lipinski definition) is 0. The highest BCUT2D eigenvalue weighted by atomic mass is 32.2. The molecular formula is C18H30O4S3. The Balaban J connectivity index is 1.20. The van der Waals surface area contributed by atoms with Gasteiger partial charge < -0.3 is 9.47 Å². The molecule has 2 saturated carbocycles. The maximum Gasteiger partial charge on any atom is 0.156 e. The normalized spacial score (nSPS) is 41.4. The van der Waals surface area contributed by atoms with Crippen molar-refractivity contribution >= 4 is 33.4 Å². The summed E-state index contributed by atoms with van der Waals surface area (Å²) < 4.78 is 37.9. The Morgan fingerprint density at radius 2 is 1.04 bits per heavy atom. The third-order valence-corrected chi connectivity index (χ3v) is 10.7. The van der Waals surface area contributed by atoms with Crippen molar-refractivity contribution in [1.82, 2.24) is 0 Å². The molecule has 4 fully saturated rings. The Hall–Kier alpha value is 0.570. The highest BCUT2D eigenvalue weighted by molar-refractivity contribution is 8.07.